The molecule has 0 radical (unpaired) electrons. The van der Waals surface area contributed by atoms with E-state index in [-0.39, 0.29) is 33.8 Å². The van der Waals surface area contributed by atoms with Gasteiger partial charge in [-0.1, -0.05) is 174 Å². The SMILES string of the molecule is Cc1ccc2oc3c(c2c1)N(c1ccc(C(C)(C)C)cc1)c1cc(C(C)(C)C)cc2c1B3c1ccc3c(c1N2Cc1ccc(C(C)(C)C)cc1-c1ccccc1)C(C)(C)CCC3(C)C. The van der Waals surface area contributed by atoms with E-state index in [1.165, 1.54) is 78.1 Å². The number of hydrogen-bond donors (Lipinski definition) is 0. The number of hydrogen-bond acceptors (Lipinski definition) is 3. The van der Waals surface area contributed by atoms with Crippen molar-refractivity contribution in [3.8, 4) is 11.1 Å². The van der Waals surface area contributed by atoms with E-state index in [0.717, 1.165) is 47.4 Å². The first-order valence-electron chi connectivity index (χ1n) is 23.8. The van der Waals surface area contributed by atoms with Crippen molar-refractivity contribution in [2.24, 2.45) is 0 Å². The molecule has 6 aromatic carbocycles. The van der Waals surface area contributed by atoms with Crippen LogP contribution in [-0.4, -0.2) is 6.71 Å². The molecule has 0 saturated heterocycles. The van der Waals surface area contributed by atoms with Gasteiger partial charge in [0, 0.05) is 34.7 Å². The number of furan rings is 1. The average molecular weight is 843 g/mol. The molecule has 2 aliphatic heterocycles. The number of rotatable bonds is 4. The largest absolute Gasteiger partial charge is 0.468 e. The van der Waals surface area contributed by atoms with Gasteiger partial charge < -0.3 is 14.2 Å². The lowest BCUT2D eigenvalue weighted by Gasteiger charge is -2.49. The Morgan fingerprint density at radius 2 is 1.25 bits per heavy atom. The molecular weight excluding hydrogens is 775 g/mol. The summed E-state index contributed by atoms with van der Waals surface area (Å²) in [5.41, 5.74) is 22.9. The molecule has 4 heteroatoms. The monoisotopic (exact) mass is 843 g/mol. The summed E-state index contributed by atoms with van der Waals surface area (Å²) in [4.78, 5) is 5.32. The summed E-state index contributed by atoms with van der Waals surface area (Å²) in [6, 6.07) is 44.5. The lowest BCUT2D eigenvalue weighted by Crippen LogP contribution is -2.62. The second-order valence-electron chi connectivity index (χ2n) is 23.8. The summed E-state index contributed by atoms with van der Waals surface area (Å²) < 4.78 is 7.33. The third kappa shape index (κ3) is 6.76. The summed E-state index contributed by atoms with van der Waals surface area (Å²) in [5.74, 6) is 0. The van der Waals surface area contributed by atoms with Crippen LogP contribution in [0.4, 0.5) is 28.4 Å². The zero-order chi connectivity index (χ0) is 45.5. The molecule has 0 saturated carbocycles. The van der Waals surface area contributed by atoms with Crippen molar-refractivity contribution in [3.05, 3.63) is 154 Å². The summed E-state index contributed by atoms with van der Waals surface area (Å²) in [7, 11) is 0. The Morgan fingerprint density at radius 1 is 0.609 bits per heavy atom. The number of aryl methyl sites for hydroxylation is 1. The molecule has 0 amide bonds. The quantitative estimate of drug-likeness (QED) is 0.165. The Bertz CT molecular complexity index is 2980. The highest BCUT2D eigenvalue weighted by molar-refractivity contribution is 7.00. The molecule has 3 heterocycles. The van der Waals surface area contributed by atoms with Crippen molar-refractivity contribution < 1.29 is 4.42 Å². The van der Waals surface area contributed by atoms with E-state index in [1.54, 1.807) is 0 Å². The minimum Gasteiger partial charge on any atom is -0.468 e. The van der Waals surface area contributed by atoms with Crippen molar-refractivity contribution in [1.29, 1.82) is 0 Å². The number of nitrogens with zero attached hydrogens (tertiary/aromatic N) is 2. The van der Waals surface area contributed by atoms with Crippen molar-refractivity contribution in [1.82, 2.24) is 0 Å². The molecular formula is C60H67BN2O. The van der Waals surface area contributed by atoms with E-state index in [4.69, 9.17) is 4.42 Å². The minimum absolute atomic E-state index is 0.0131. The Morgan fingerprint density at radius 3 is 1.92 bits per heavy atom. The summed E-state index contributed by atoms with van der Waals surface area (Å²) in [5, 5.41) is 1.16. The van der Waals surface area contributed by atoms with Crippen LogP contribution in [0.25, 0.3) is 22.1 Å². The van der Waals surface area contributed by atoms with Crippen molar-refractivity contribution in [2.75, 3.05) is 9.80 Å². The molecule has 0 bridgehead atoms. The fraction of sp³-hybridized carbons (Fsp3) is 0.367. The van der Waals surface area contributed by atoms with Gasteiger partial charge >= 0.3 is 0 Å². The summed E-state index contributed by atoms with van der Waals surface area (Å²) >= 11 is 0. The summed E-state index contributed by atoms with van der Waals surface area (Å²) in [6.45, 7) is 33.8. The maximum absolute atomic E-state index is 7.33. The van der Waals surface area contributed by atoms with Crippen LogP contribution in [0.5, 0.6) is 0 Å². The first-order chi connectivity index (χ1) is 30.0. The second-order valence-corrected chi connectivity index (χ2v) is 23.8. The van der Waals surface area contributed by atoms with E-state index < -0.39 is 0 Å². The van der Waals surface area contributed by atoms with E-state index in [9.17, 15) is 0 Å². The smallest absolute Gasteiger partial charge is 0.297 e. The molecule has 326 valence electrons. The number of anilines is 5. The van der Waals surface area contributed by atoms with Crippen molar-refractivity contribution in [3.63, 3.8) is 0 Å². The van der Waals surface area contributed by atoms with Gasteiger partial charge in [0.1, 0.15) is 5.58 Å². The molecule has 3 nitrogen and oxygen atoms in total. The van der Waals surface area contributed by atoms with Crippen LogP contribution in [0.15, 0.2) is 120 Å². The van der Waals surface area contributed by atoms with Crippen LogP contribution in [0.2, 0.25) is 0 Å². The topological polar surface area (TPSA) is 19.6 Å². The van der Waals surface area contributed by atoms with Crippen LogP contribution in [0.3, 0.4) is 0 Å². The molecule has 0 spiro atoms. The molecule has 0 atom stereocenters. The minimum atomic E-state index is -0.120. The van der Waals surface area contributed by atoms with Gasteiger partial charge in [-0.15, -0.1) is 0 Å². The van der Waals surface area contributed by atoms with Gasteiger partial charge in [0.15, 0.2) is 0 Å². The maximum atomic E-state index is 7.33. The predicted octanol–water partition coefficient (Wildman–Crippen LogP) is 14.6. The Kier molecular flexibility index (Phi) is 9.46. The molecule has 0 fully saturated rings. The molecule has 1 aromatic heterocycles. The van der Waals surface area contributed by atoms with Gasteiger partial charge in [0.25, 0.3) is 6.71 Å². The van der Waals surface area contributed by atoms with Crippen molar-refractivity contribution in [2.45, 2.75) is 143 Å². The lowest BCUT2D eigenvalue weighted by atomic mass is 9.35. The van der Waals surface area contributed by atoms with E-state index in [2.05, 4.69) is 222 Å². The molecule has 3 aliphatic rings. The zero-order valence-electron chi connectivity index (χ0n) is 41.0. The molecule has 64 heavy (non-hydrogen) atoms. The molecule has 7 aromatic rings. The van der Waals surface area contributed by atoms with Crippen LogP contribution in [0.1, 0.15) is 142 Å². The second kappa shape index (κ2) is 14.3. The van der Waals surface area contributed by atoms with Crippen molar-refractivity contribution >= 4 is 62.7 Å². The van der Waals surface area contributed by atoms with Crippen LogP contribution >= 0.6 is 0 Å². The third-order valence-electron chi connectivity index (χ3n) is 15.1. The van der Waals surface area contributed by atoms with E-state index >= 15 is 0 Å². The summed E-state index contributed by atoms with van der Waals surface area (Å²) in [6.07, 6.45) is 2.29. The van der Waals surface area contributed by atoms with Gasteiger partial charge in [0.05, 0.1) is 11.3 Å². The highest BCUT2D eigenvalue weighted by Crippen LogP contribution is 2.53. The van der Waals surface area contributed by atoms with Gasteiger partial charge in [0.2, 0.25) is 0 Å². The third-order valence-corrected chi connectivity index (χ3v) is 15.1. The lowest BCUT2D eigenvalue weighted by molar-refractivity contribution is 0.332. The first kappa shape index (κ1) is 42.5. The Balaban J connectivity index is 1.34. The average Bonchev–Trinajstić information content (AvgIpc) is 3.60. The molecule has 1 aliphatic carbocycles. The van der Waals surface area contributed by atoms with E-state index in [0.29, 0.717) is 0 Å². The zero-order valence-corrected chi connectivity index (χ0v) is 41.0. The normalized spacial score (nSPS) is 16.4. The Hall–Kier alpha value is -5.48. The highest BCUT2D eigenvalue weighted by Gasteiger charge is 2.50. The highest BCUT2D eigenvalue weighted by atomic mass is 16.3. The maximum Gasteiger partial charge on any atom is 0.297 e. The van der Waals surface area contributed by atoms with Gasteiger partial charge in [-0.25, -0.2) is 0 Å². The van der Waals surface area contributed by atoms with Gasteiger partial charge in [-0.2, -0.15) is 0 Å². The fourth-order valence-corrected chi connectivity index (χ4v) is 11.1. The number of fused-ring (bicyclic) bond motifs is 8. The molecule has 0 unspecified atom stereocenters. The Labute approximate surface area is 384 Å². The standard InChI is InChI=1S/C60H67BN2O/c1-37-20-29-50-45(32-37)53-55(64-50)61-47-28-27-46-51(60(13,14)31-30-59(46,11)12)54(47)62(36-39-21-22-41(57(5,6)7)33-44(39)38-18-16-15-17-19-38)48-34-42(58(8,9)10)35-49(52(48)61)63(53)43-25-23-40(24-26-43)56(2,3)4/h15-29,32-35H,30-31,36H2,1-14H3. The van der Waals surface area contributed by atoms with Crippen LogP contribution in [0, 0.1) is 6.92 Å². The predicted molar refractivity (Wildman–Crippen MR) is 276 cm³/mol. The fourth-order valence-electron chi connectivity index (χ4n) is 11.1. The molecule has 10 rings (SSSR count). The van der Waals surface area contributed by atoms with Gasteiger partial charge in [-0.3, -0.25) is 0 Å². The first-order valence-corrected chi connectivity index (χ1v) is 23.8. The van der Waals surface area contributed by atoms with Crippen LogP contribution < -0.4 is 26.4 Å². The van der Waals surface area contributed by atoms with Crippen LogP contribution in [-0.2, 0) is 33.6 Å². The van der Waals surface area contributed by atoms with E-state index in [1.807, 2.05) is 0 Å². The molecule has 0 N–H and O–H groups in total. The number of benzene rings is 6. The van der Waals surface area contributed by atoms with Gasteiger partial charge in [-0.05, 0) is 139 Å².